The topological polar surface area (TPSA) is 23.6 Å². The molecule has 3 nitrogen and oxygen atoms in total. The van der Waals surface area contributed by atoms with E-state index in [2.05, 4.69) is 18.7 Å². The highest BCUT2D eigenvalue weighted by molar-refractivity contribution is 5.95. The zero-order valence-electron chi connectivity index (χ0n) is 16.0. The smallest absolute Gasteiger partial charge is 0.257 e. The zero-order chi connectivity index (χ0) is 20.1. The van der Waals surface area contributed by atoms with Gasteiger partial charge >= 0.3 is 0 Å². The number of carbonyl (C=O) groups is 1. The Kier molecular flexibility index (Phi) is 4.40. The molecule has 1 spiro atoms. The van der Waals surface area contributed by atoms with Crippen LogP contribution in [0.5, 0.6) is 0 Å². The van der Waals surface area contributed by atoms with Crippen LogP contribution in [0.2, 0.25) is 0 Å². The lowest BCUT2D eigenvalue weighted by atomic mass is 9.87. The molecule has 2 fully saturated rings. The van der Waals surface area contributed by atoms with E-state index >= 15 is 0 Å². The maximum Gasteiger partial charge on any atom is 0.257 e. The van der Waals surface area contributed by atoms with Gasteiger partial charge in [-0.25, -0.2) is 13.2 Å². The maximum absolute atomic E-state index is 14.2. The highest BCUT2D eigenvalue weighted by Gasteiger charge is 2.55. The molecule has 6 heteroatoms. The van der Waals surface area contributed by atoms with Crippen LogP contribution in [0.1, 0.15) is 43.5 Å². The van der Waals surface area contributed by atoms with Crippen molar-refractivity contribution in [3.05, 3.63) is 65.5 Å². The fourth-order valence-corrected chi connectivity index (χ4v) is 4.96. The molecule has 0 aromatic heterocycles. The first-order chi connectivity index (χ1) is 13.2. The van der Waals surface area contributed by atoms with Gasteiger partial charge in [-0.3, -0.25) is 4.79 Å². The van der Waals surface area contributed by atoms with E-state index in [1.807, 2.05) is 6.07 Å². The molecule has 2 heterocycles. The minimum absolute atomic E-state index is 0.233. The van der Waals surface area contributed by atoms with Crippen LogP contribution in [0, 0.1) is 17.5 Å². The summed E-state index contributed by atoms with van der Waals surface area (Å²) < 4.78 is 41.6. The average Bonchev–Trinajstić information content (AvgIpc) is 3.16. The predicted molar refractivity (Wildman–Crippen MR) is 102 cm³/mol. The number of hydrogen-bond donors (Lipinski definition) is 0. The molecule has 2 aromatic rings. The van der Waals surface area contributed by atoms with Gasteiger partial charge in [0.25, 0.3) is 5.91 Å². The van der Waals surface area contributed by atoms with Crippen molar-refractivity contribution in [2.24, 2.45) is 0 Å². The summed E-state index contributed by atoms with van der Waals surface area (Å²) in [5, 5.41) is 0. The molecular formula is C22H23F3N2O. The lowest BCUT2D eigenvalue weighted by Crippen LogP contribution is -2.49. The maximum atomic E-state index is 14.2. The molecule has 28 heavy (non-hydrogen) atoms. The molecule has 2 aliphatic rings. The fourth-order valence-electron chi connectivity index (χ4n) is 4.96. The third kappa shape index (κ3) is 3.05. The standard InChI is InChI=1S/C22H23F3N2O/c1-21(2)13-22(14-27(21)17-6-3-5-15(23)11-17)9-4-10-26(22)20(28)18-12-16(24)7-8-19(18)25/h3,5-8,11-12H,4,9-10,13-14H2,1-2H3. The summed E-state index contributed by atoms with van der Waals surface area (Å²) in [6, 6.07) is 9.39. The fraction of sp³-hybridized carbons (Fsp3) is 0.409. The number of anilines is 1. The van der Waals surface area contributed by atoms with Gasteiger partial charge in [0.1, 0.15) is 17.5 Å². The molecule has 0 N–H and O–H groups in total. The summed E-state index contributed by atoms with van der Waals surface area (Å²) in [7, 11) is 0. The summed E-state index contributed by atoms with van der Waals surface area (Å²) in [4.78, 5) is 16.9. The van der Waals surface area contributed by atoms with E-state index in [0.29, 0.717) is 19.5 Å². The van der Waals surface area contributed by atoms with Gasteiger partial charge in [-0.05, 0) is 69.5 Å². The van der Waals surface area contributed by atoms with Crippen molar-refractivity contribution < 1.29 is 18.0 Å². The van der Waals surface area contributed by atoms with E-state index in [4.69, 9.17) is 0 Å². The number of halogens is 3. The van der Waals surface area contributed by atoms with E-state index < -0.39 is 23.1 Å². The first kappa shape index (κ1) is 18.8. The Morgan fingerprint density at radius 2 is 1.79 bits per heavy atom. The summed E-state index contributed by atoms with van der Waals surface area (Å²) in [5.41, 5.74) is -0.260. The molecule has 1 amide bonds. The highest BCUT2D eigenvalue weighted by Crippen LogP contribution is 2.47. The van der Waals surface area contributed by atoms with E-state index in [0.717, 1.165) is 36.7 Å². The molecule has 148 valence electrons. The van der Waals surface area contributed by atoms with Crippen molar-refractivity contribution in [3.8, 4) is 0 Å². The second-order valence-electron chi connectivity index (χ2n) is 8.46. The Morgan fingerprint density at radius 3 is 2.54 bits per heavy atom. The number of likely N-dealkylation sites (tertiary alicyclic amines) is 1. The summed E-state index contributed by atoms with van der Waals surface area (Å²) >= 11 is 0. The normalized spacial score (nSPS) is 23.6. The van der Waals surface area contributed by atoms with Crippen molar-refractivity contribution >= 4 is 11.6 Å². The summed E-state index contributed by atoms with van der Waals surface area (Å²) in [5.74, 6) is -2.14. The van der Waals surface area contributed by atoms with Gasteiger partial charge in [0.15, 0.2) is 0 Å². The molecule has 0 bridgehead atoms. The molecule has 4 rings (SSSR count). The van der Waals surface area contributed by atoms with Crippen molar-refractivity contribution in [2.45, 2.75) is 44.2 Å². The van der Waals surface area contributed by atoms with E-state index in [1.54, 1.807) is 11.0 Å². The number of nitrogens with zero attached hydrogens (tertiary/aromatic N) is 2. The van der Waals surface area contributed by atoms with Crippen LogP contribution in [-0.4, -0.2) is 35.0 Å². The summed E-state index contributed by atoms with van der Waals surface area (Å²) in [6.07, 6.45) is 2.26. The monoisotopic (exact) mass is 388 g/mol. The van der Waals surface area contributed by atoms with Crippen LogP contribution in [0.25, 0.3) is 0 Å². The Morgan fingerprint density at radius 1 is 1.04 bits per heavy atom. The van der Waals surface area contributed by atoms with Crippen molar-refractivity contribution in [1.82, 2.24) is 4.90 Å². The second kappa shape index (κ2) is 6.54. The molecule has 2 saturated heterocycles. The molecule has 2 aliphatic heterocycles. The van der Waals surface area contributed by atoms with Gasteiger partial charge in [-0.15, -0.1) is 0 Å². The Balaban J connectivity index is 1.69. The number of carbonyl (C=O) groups excluding carboxylic acids is 1. The highest BCUT2D eigenvalue weighted by atomic mass is 19.1. The van der Waals surface area contributed by atoms with Gasteiger partial charge in [-0.1, -0.05) is 6.07 Å². The van der Waals surface area contributed by atoms with E-state index in [-0.39, 0.29) is 16.9 Å². The molecular weight excluding hydrogens is 365 g/mol. The Bertz CT molecular complexity index is 930. The van der Waals surface area contributed by atoms with Crippen LogP contribution >= 0.6 is 0 Å². The average molecular weight is 388 g/mol. The number of benzene rings is 2. The van der Waals surface area contributed by atoms with Crippen molar-refractivity contribution in [2.75, 3.05) is 18.0 Å². The molecule has 0 aliphatic carbocycles. The predicted octanol–water partition coefficient (Wildman–Crippen LogP) is 4.77. The minimum atomic E-state index is -0.715. The summed E-state index contributed by atoms with van der Waals surface area (Å²) in [6.45, 7) is 5.17. The largest absolute Gasteiger partial charge is 0.364 e. The molecule has 1 unspecified atom stereocenters. The van der Waals surface area contributed by atoms with Gasteiger partial charge in [0, 0.05) is 24.3 Å². The number of rotatable bonds is 2. The van der Waals surface area contributed by atoms with Crippen molar-refractivity contribution in [1.29, 1.82) is 0 Å². The third-order valence-electron chi connectivity index (χ3n) is 6.07. The molecule has 0 saturated carbocycles. The first-order valence-electron chi connectivity index (χ1n) is 9.52. The quantitative estimate of drug-likeness (QED) is 0.740. The zero-order valence-corrected chi connectivity index (χ0v) is 16.0. The first-order valence-corrected chi connectivity index (χ1v) is 9.52. The SMILES string of the molecule is CC1(C)CC2(CCCN2C(=O)c2cc(F)ccc2F)CN1c1cccc(F)c1. The molecule has 0 radical (unpaired) electrons. The van der Waals surface area contributed by atoms with Crippen LogP contribution in [0.15, 0.2) is 42.5 Å². The molecule has 2 aromatic carbocycles. The van der Waals surface area contributed by atoms with Gasteiger partial charge in [0.2, 0.25) is 0 Å². The van der Waals surface area contributed by atoms with E-state index in [9.17, 15) is 18.0 Å². The lowest BCUT2D eigenvalue weighted by molar-refractivity contribution is 0.0612. The second-order valence-corrected chi connectivity index (χ2v) is 8.46. The minimum Gasteiger partial charge on any atom is -0.364 e. The van der Waals surface area contributed by atoms with Gasteiger partial charge in [-0.2, -0.15) is 0 Å². The lowest BCUT2D eigenvalue weighted by Gasteiger charge is -2.35. The van der Waals surface area contributed by atoms with Crippen LogP contribution in [0.4, 0.5) is 18.9 Å². The van der Waals surface area contributed by atoms with Crippen molar-refractivity contribution in [3.63, 3.8) is 0 Å². The third-order valence-corrected chi connectivity index (χ3v) is 6.07. The molecule has 1 atom stereocenters. The van der Waals surface area contributed by atoms with Gasteiger partial charge in [0.05, 0.1) is 11.1 Å². The number of hydrogen-bond acceptors (Lipinski definition) is 2. The van der Waals surface area contributed by atoms with E-state index in [1.165, 1.54) is 12.1 Å². The Labute approximate surface area is 162 Å². The Hall–Kier alpha value is -2.50. The van der Waals surface area contributed by atoms with Crippen LogP contribution in [0.3, 0.4) is 0 Å². The number of amides is 1. The van der Waals surface area contributed by atoms with Gasteiger partial charge < -0.3 is 9.80 Å². The van der Waals surface area contributed by atoms with Crippen LogP contribution < -0.4 is 4.90 Å². The van der Waals surface area contributed by atoms with Crippen LogP contribution in [-0.2, 0) is 0 Å².